The second kappa shape index (κ2) is 8.33. The van der Waals surface area contributed by atoms with Gasteiger partial charge in [0.05, 0.1) is 0 Å². The van der Waals surface area contributed by atoms with Gasteiger partial charge in [-0.1, -0.05) is 50.1 Å². The summed E-state index contributed by atoms with van der Waals surface area (Å²) in [5.41, 5.74) is 3.46. The summed E-state index contributed by atoms with van der Waals surface area (Å²) in [5, 5.41) is 0. The topological polar surface area (TPSA) is 9.23 Å². The molecule has 0 fully saturated rings. The van der Waals surface area contributed by atoms with Crippen LogP contribution in [0.25, 0.3) is 5.57 Å². The van der Waals surface area contributed by atoms with Crippen LogP contribution in [0.3, 0.4) is 0 Å². The molecule has 0 bridgehead atoms. The molecule has 0 N–H and O–H groups in total. The first-order valence-electron chi connectivity index (χ1n) is 9.32. The fourth-order valence-electron chi connectivity index (χ4n) is 3.46. The normalized spacial score (nSPS) is 13.9. The minimum atomic E-state index is -5.15. The Morgan fingerprint density at radius 2 is 1.75 bits per heavy atom. The average Bonchev–Trinajstić information content (AvgIpc) is 2.65. The lowest BCUT2D eigenvalue weighted by molar-refractivity contribution is -0.276. The fourth-order valence-corrected chi connectivity index (χ4v) is 3.46. The Morgan fingerprint density at radius 1 is 1.04 bits per heavy atom. The van der Waals surface area contributed by atoms with E-state index in [1.807, 2.05) is 24.3 Å². The second-order valence-electron chi connectivity index (χ2n) is 6.95. The maximum atomic E-state index is 14.4. The lowest BCUT2D eigenvalue weighted by Gasteiger charge is -2.21. The van der Waals surface area contributed by atoms with E-state index < -0.39 is 23.7 Å². The molecule has 0 spiro atoms. The molecule has 2 aromatic carbocycles. The highest BCUT2D eigenvalue weighted by Gasteiger charge is 2.35. The smallest absolute Gasteiger partial charge is 0.399 e. The zero-order valence-corrected chi connectivity index (χ0v) is 15.5. The van der Waals surface area contributed by atoms with Crippen molar-refractivity contribution in [2.24, 2.45) is 0 Å². The first kappa shape index (κ1) is 20.4. The summed E-state index contributed by atoms with van der Waals surface area (Å²) in [5.74, 6) is -4.02. The summed E-state index contributed by atoms with van der Waals surface area (Å²) >= 11 is 0. The number of hydrogen-bond acceptors (Lipinski definition) is 1. The summed E-state index contributed by atoms with van der Waals surface area (Å²) < 4.78 is 69.1. The lowest BCUT2D eigenvalue weighted by Crippen LogP contribution is -2.20. The number of rotatable bonds is 6. The number of hydrogen-bond donors (Lipinski definition) is 0. The monoisotopic (exact) mass is 396 g/mol. The molecule has 0 atom stereocenters. The van der Waals surface area contributed by atoms with Crippen molar-refractivity contribution in [3.05, 3.63) is 70.3 Å². The maximum Gasteiger partial charge on any atom is 0.573 e. The number of benzene rings is 2. The van der Waals surface area contributed by atoms with Crippen LogP contribution in [0.2, 0.25) is 0 Å². The molecule has 0 heterocycles. The molecule has 0 aliphatic heterocycles. The first-order valence-corrected chi connectivity index (χ1v) is 9.32. The molecule has 0 saturated carbocycles. The summed E-state index contributed by atoms with van der Waals surface area (Å²) in [6.45, 7) is 2.15. The van der Waals surface area contributed by atoms with E-state index in [1.54, 1.807) is 6.08 Å². The van der Waals surface area contributed by atoms with Crippen molar-refractivity contribution in [2.45, 2.75) is 51.8 Å². The van der Waals surface area contributed by atoms with Crippen molar-refractivity contribution in [2.75, 3.05) is 0 Å². The summed E-state index contributed by atoms with van der Waals surface area (Å²) in [7, 11) is 0. The molecule has 150 valence electrons. The van der Waals surface area contributed by atoms with Crippen LogP contribution in [0.15, 0.2) is 36.4 Å². The molecule has 0 radical (unpaired) electrons. The molecule has 1 aliphatic rings. The lowest BCUT2D eigenvalue weighted by atomic mass is 9.87. The molecule has 0 aromatic heterocycles. The van der Waals surface area contributed by atoms with Gasteiger partial charge < -0.3 is 4.74 Å². The minimum absolute atomic E-state index is 0.0422. The molecule has 0 saturated heterocycles. The van der Waals surface area contributed by atoms with Gasteiger partial charge in [-0.25, -0.2) is 8.78 Å². The van der Waals surface area contributed by atoms with Crippen LogP contribution in [0.5, 0.6) is 5.75 Å². The highest BCUT2D eigenvalue weighted by Crippen LogP contribution is 2.36. The number of alkyl halides is 3. The van der Waals surface area contributed by atoms with Gasteiger partial charge in [-0.3, -0.25) is 0 Å². The average molecular weight is 396 g/mol. The zero-order valence-electron chi connectivity index (χ0n) is 15.5. The Kier molecular flexibility index (Phi) is 6.06. The van der Waals surface area contributed by atoms with Crippen LogP contribution in [0.4, 0.5) is 22.0 Å². The molecule has 1 aliphatic carbocycles. The van der Waals surface area contributed by atoms with E-state index in [9.17, 15) is 22.0 Å². The van der Waals surface area contributed by atoms with E-state index in [0.717, 1.165) is 36.5 Å². The van der Waals surface area contributed by atoms with E-state index in [1.165, 1.54) is 12.0 Å². The van der Waals surface area contributed by atoms with Gasteiger partial charge in [0.15, 0.2) is 11.6 Å². The van der Waals surface area contributed by atoms with E-state index in [0.29, 0.717) is 5.56 Å². The Labute approximate surface area is 160 Å². The van der Waals surface area contributed by atoms with Gasteiger partial charge in [0.25, 0.3) is 0 Å². The van der Waals surface area contributed by atoms with Crippen molar-refractivity contribution >= 4 is 5.57 Å². The molecule has 3 rings (SSSR count). The van der Waals surface area contributed by atoms with Gasteiger partial charge >= 0.3 is 6.36 Å². The van der Waals surface area contributed by atoms with Gasteiger partial charge in [0.2, 0.25) is 5.75 Å². The molecule has 2 aromatic rings. The number of allylic oxidation sites excluding steroid dienone is 2. The summed E-state index contributed by atoms with van der Waals surface area (Å²) in [4.78, 5) is 0. The third-order valence-electron chi connectivity index (χ3n) is 4.91. The fraction of sp³-hybridized carbons (Fsp3) is 0.364. The number of ether oxygens (including phenoxy) is 1. The third-order valence-corrected chi connectivity index (χ3v) is 4.91. The first-order chi connectivity index (χ1) is 13.3. The maximum absolute atomic E-state index is 14.4. The van der Waals surface area contributed by atoms with Crippen LogP contribution >= 0.6 is 0 Å². The third kappa shape index (κ3) is 4.72. The Hall–Kier alpha value is -2.37. The van der Waals surface area contributed by atoms with E-state index in [-0.39, 0.29) is 18.4 Å². The van der Waals surface area contributed by atoms with E-state index in [4.69, 9.17) is 0 Å². The van der Waals surface area contributed by atoms with Crippen LogP contribution in [0.1, 0.15) is 48.4 Å². The van der Waals surface area contributed by atoms with Crippen molar-refractivity contribution in [1.82, 2.24) is 0 Å². The summed E-state index contributed by atoms with van der Waals surface area (Å²) in [6, 6.07) is 8.98. The van der Waals surface area contributed by atoms with Crippen LogP contribution in [-0.4, -0.2) is 6.36 Å². The zero-order chi connectivity index (χ0) is 20.3. The molecule has 1 nitrogen and oxygen atoms in total. The standard InChI is InChI=1S/C22H21F5O/c1-2-3-4-5-14-6-8-15(9-7-14)16-10-11-18-17(12-16)13-19(23)21(20(18)24)28-22(25,26)27/h6-10,13H,2-5,11-12H2,1H3. The predicted octanol–water partition coefficient (Wildman–Crippen LogP) is 6.78. The largest absolute Gasteiger partial charge is 0.573 e. The molecule has 0 unspecified atom stereocenters. The van der Waals surface area contributed by atoms with Gasteiger partial charge in [0, 0.05) is 0 Å². The molecular formula is C22H21F5O. The van der Waals surface area contributed by atoms with Gasteiger partial charge in [-0.2, -0.15) is 0 Å². The van der Waals surface area contributed by atoms with Crippen molar-refractivity contribution < 1.29 is 26.7 Å². The number of unbranched alkanes of at least 4 members (excludes halogenated alkanes) is 2. The van der Waals surface area contributed by atoms with Crippen molar-refractivity contribution in [3.63, 3.8) is 0 Å². The number of halogens is 5. The molecular weight excluding hydrogens is 375 g/mol. The highest BCUT2D eigenvalue weighted by atomic mass is 19.4. The van der Waals surface area contributed by atoms with Gasteiger partial charge in [-0.05, 0) is 59.6 Å². The quantitative estimate of drug-likeness (QED) is 0.386. The Morgan fingerprint density at radius 3 is 2.39 bits per heavy atom. The van der Waals surface area contributed by atoms with Crippen LogP contribution in [-0.2, 0) is 19.3 Å². The summed E-state index contributed by atoms with van der Waals surface area (Å²) in [6.07, 6.45) is 1.44. The Bertz CT molecular complexity index is 866. The van der Waals surface area contributed by atoms with Crippen molar-refractivity contribution in [3.8, 4) is 5.75 Å². The van der Waals surface area contributed by atoms with Crippen LogP contribution in [0, 0.1) is 11.6 Å². The number of aryl methyl sites for hydroxylation is 1. The van der Waals surface area contributed by atoms with E-state index in [2.05, 4.69) is 11.7 Å². The van der Waals surface area contributed by atoms with Gasteiger partial charge in [0.1, 0.15) is 0 Å². The Balaban J connectivity index is 1.79. The predicted molar refractivity (Wildman–Crippen MR) is 98.1 cm³/mol. The molecule has 6 heteroatoms. The SMILES string of the molecule is CCCCCc1ccc(C2=CCc3c(cc(F)c(OC(F)(F)F)c3F)C2)cc1. The number of fused-ring (bicyclic) bond motifs is 1. The van der Waals surface area contributed by atoms with Crippen LogP contribution < -0.4 is 4.74 Å². The molecule has 0 amide bonds. The van der Waals surface area contributed by atoms with Gasteiger partial charge in [-0.15, -0.1) is 13.2 Å². The highest BCUT2D eigenvalue weighted by molar-refractivity contribution is 5.71. The second-order valence-corrected chi connectivity index (χ2v) is 6.95. The van der Waals surface area contributed by atoms with Crippen molar-refractivity contribution in [1.29, 1.82) is 0 Å². The van der Waals surface area contributed by atoms with E-state index >= 15 is 0 Å². The molecule has 28 heavy (non-hydrogen) atoms. The minimum Gasteiger partial charge on any atom is -0.399 e.